The van der Waals surface area contributed by atoms with Crippen LogP contribution in [0.25, 0.3) is 11.2 Å². The fourth-order valence-corrected chi connectivity index (χ4v) is 5.66. The zero-order valence-electron chi connectivity index (χ0n) is 14.8. The molecule has 0 spiro atoms. The summed E-state index contributed by atoms with van der Waals surface area (Å²) in [7, 11) is -1.39. The second-order valence-electron chi connectivity index (χ2n) is 6.99. The molecule has 0 aliphatic carbocycles. The highest BCUT2D eigenvalue weighted by Gasteiger charge is 2.44. The third-order valence-corrected chi connectivity index (χ3v) is 7.51. The molecule has 0 bridgehead atoms. The van der Waals surface area contributed by atoms with Crippen LogP contribution in [0.2, 0.25) is 18.6 Å². The zero-order valence-corrected chi connectivity index (χ0v) is 16.0. The van der Waals surface area contributed by atoms with E-state index in [-0.39, 0.29) is 5.82 Å². The number of rotatable bonds is 7. The van der Waals surface area contributed by atoms with Crippen LogP contribution >= 0.6 is 0 Å². The maximum Gasteiger partial charge on any atom is 0.320 e. The summed E-state index contributed by atoms with van der Waals surface area (Å²) in [5, 5.41) is 29.7. The van der Waals surface area contributed by atoms with Gasteiger partial charge in [-0.05, 0) is 12.5 Å². The van der Waals surface area contributed by atoms with Crippen molar-refractivity contribution in [2.75, 3.05) is 5.73 Å². The number of carboxylic acids is 1. The van der Waals surface area contributed by atoms with Crippen LogP contribution in [0.1, 0.15) is 12.6 Å². The fraction of sp³-hybridized carbons (Fsp3) is 0.600. The highest BCUT2D eigenvalue weighted by molar-refractivity contribution is 6.57. The van der Waals surface area contributed by atoms with E-state index >= 15 is 0 Å². The molecule has 11 nitrogen and oxygen atoms in total. The topological polar surface area (TPSA) is 183 Å². The van der Waals surface area contributed by atoms with Gasteiger partial charge in [-0.2, -0.15) is 0 Å². The number of ether oxygens (including phenoxy) is 1. The number of fused-ring (bicyclic) bond motifs is 1. The summed E-state index contributed by atoms with van der Waals surface area (Å²) in [6, 6.07) is 0.416. The molecule has 6 atom stereocenters. The van der Waals surface area contributed by atoms with Gasteiger partial charge in [0.25, 0.3) is 0 Å². The van der Waals surface area contributed by atoms with Crippen LogP contribution in [0.4, 0.5) is 5.82 Å². The third kappa shape index (κ3) is 3.94. The zero-order chi connectivity index (χ0) is 19.7. The van der Waals surface area contributed by atoms with Gasteiger partial charge in [0.15, 0.2) is 17.7 Å². The Hall–Kier alpha value is -2.12. The van der Waals surface area contributed by atoms with Crippen molar-refractivity contribution in [1.82, 2.24) is 19.5 Å². The summed E-state index contributed by atoms with van der Waals surface area (Å²) in [5.41, 5.74) is 12.1. The molecule has 2 aromatic rings. The minimum absolute atomic E-state index is 0.221. The maximum absolute atomic E-state index is 10.8. The molecule has 3 rings (SSSR count). The second-order valence-corrected chi connectivity index (χ2v) is 10.3. The molecule has 2 unspecified atom stereocenters. The molecule has 0 aromatic carbocycles. The van der Waals surface area contributed by atoms with E-state index in [0.29, 0.717) is 29.7 Å². The predicted molar refractivity (Wildman–Crippen MR) is 98.5 cm³/mol. The van der Waals surface area contributed by atoms with Gasteiger partial charge in [-0.3, -0.25) is 9.36 Å². The molecule has 0 amide bonds. The first-order valence-corrected chi connectivity index (χ1v) is 11.5. The van der Waals surface area contributed by atoms with E-state index in [0.717, 1.165) is 0 Å². The van der Waals surface area contributed by atoms with Gasteiger partial charge in [0.05, 0.1) is 12.4 Å². The standard InChI is InChI=1S/C15H24N6O5Si/c1-27(3-2-7(16)15(24)25)4-8-10(22)11(23)14(26-8)21-6-20-9-12(17)18-5-19-13(9)21/h5-8,10-11,14,22-23,27H,2-4,16H2,1H3,(H,24,25)(H2,17,18,19)/t7-,8+,10?,11-,14+,27?/m0/s1. The SMILES string of the molecule is C[SiH](CC[C@H](N)C(=O)O)C[C@H]1O[C@@H](n2cnc3c(N)ncnc32)[C@@H](O)C1O. The quantitative estimate of drug-likeness (QED) is 0.352. The number of aliphatic hydroxyl groups is 2. The Bertz CT molecular complexity index is 819. The lowest BCUT2D eigenvalue weighted by molar-refractivity contribution is -0.138. The Morgan fingerprint density at radius 2 is 2.11 bits per heavy atom. The summed E-state index contributed by atoms with van der Waals surface area (Å²) in [4.78, 5) is 23.0. The molecule has 3 heterocycles. The number of hydrogen-bond donors (Lipinski definition) is 5. The molecule has 0 radical (unpaired) electrons. The Kier molecular flexibility index (Phi) is 5.71. The van der Waals surface area contributed by atoms with Crippen LogP contribution in [-0.4, -0.2) is 74.0 Å². The average molecular weight is 396 g/mol. The fourth-order valence-electron chi connectivity index (χ4n) is 3.31. The Balaban J connectivity index is 1.68. The Morgan fingerprint density at radius 1 is 1.37 bits per heavy atom. The number of aliphatic carboxylic acids is 1. The van der Waals surface area contributed by atoms with Gasteiger partial charge in [0.1, 0.15) is 30.1 Å². The lowest BCUT2D eigenvalue weighted by Gasteiger charge is -2.19. The van der Waals surface area contributed by atoms with Crippen molar-refractivity contribution in [2.24, 2.45) is 5.73 Å². The van der Waals surface area contributed by atoms with Crippen molar-refractivity contribution < 1.29 is 24.9 Å². The number of nitrogen functional groups attached to an aromatic ring is 1. The largest absolute Gasteiger partial charge is 0.480 e. The smallest absolute Gasteiger partial charge is 0.320 e. The van der Waals surface area contributed by atoms with Gasteiger partial charge < -0.3 is 31.5 Å². The molecule has 12 heteroatoms. The number of carboxylic acid groups (broad SMARTS) is 1. The molecule has 1 aliphatic heterocycles. The normalized spacial score (nSPS) is 27.7. The number of anilines is 1. The number of imidazole rings is 1. The van der Waals surface area contributed by atoms with Gasteiger partial charge in [0, 0.05) is 8.80 Å². The summed E-state index contributed by atoms with van der Waals surface area (Å²) >= 11 is 0. The van der Waals surface area contributed by atoms with Gasteiger partial charge >= 0.3 is 5.97 Å². The molecule has 27 heavy (non-hydrogen) atoms. The molecule has 148 valence electrons. The van der Waals surface area contributed by atoms with Crippen molar-refractivity contribution in [3.8, 4) is 0 Å². The van der Waals surface area contributed by atoms with Gasteiger partial charge in [-0.15, -0.1) is 0 Å². The first-order valence-electron chi connectivity index (χ1n) is 8.72. The van der Waals surface area contributed by atoms with Crippen LogP contribution in [0.15, 0.2) is 12.7 Å². The lowest BCUT2D eigenvalue weighted by Crippen LogP contribution is -2.34. The van der Waals surface area contributed by atoms with Gasteiger partial charge in [-0.1, -0.05) is 12.6 Å². The van der Waals surface area contributed by atoms with E-state index in [1.807, 2.05) is 0 Å². The van der Waals surface area contributed by atoms with Crippen LogP contribution < -0.4 is 11.5 Å². The average Bonchev–Trinajstić information content (AvgIpc) is 3.17. The predicted octanol–water partition coefficient (Wildman–Crippen LogP) is -1.31. The molecular weight excluding hydrogens is 372 g/mol. The Morgan fingerprint density at radius 3 is 2.81 bits per heavy atom. The van der Waals surface area contributed by atoms with Crippen molar-refractivity contribution >= 4 is 31.7 Å². The van der Waals surface area contributed by atoms with Crippen molar-refractivity contribution in [3.05, 3.63) is 12.7 Å². The van der Waals surface area contributed by atoms with E-state index < -0.39 is 45.3 Å². The maximum atomic E-state index is 10.8. The van der Waals surface area contributed by atoms with Gasteiger partial charge in [-0.25, -0.2) is 15.0 Å². The number of hydrogen-bond acceptors (Lipinski definition) is 9. The van der Waals surface area contributed by atoms with E-state index in [9.17, 15) is 15.0 Å². The van der Waals surface area contributed by atoms with Crippen molar-refractivity contribution in [2.45, 2.75) is 55.6 Å². The molecular formula is C15H24N6O5Si. The monoisotopic (exact) mass is 396 g/mol. The summed E-state index contributed by atoms with van der Waals surface area (Å²) in [6.07, 6.45) is -0.464. The van der Waals surface area contributed by atoms with Gasteiger partial charge in [0.2, 0.25) is 0 Å². The number of nitrogens with zero attached hydrogens (tertiary/aromatic N) is 4. The molecule has 1 aliphatic rings. The minimum atomic E-state index is -1.39. The van der Waals surface area contributed by atoms with E-state index in [4.69, 9.17) is 21.3 Å². The lowest BCUT2D eigenvalue weighted by atomic mass is 10.1. The third-order valence-electron chi connectivity index (χ3n) is 4.92. The van der Waals surface area contributed by atoms with Crippen molar-refractivity contribution in [3.63, 3.8) is 0 Å². The first-order chi connectivity index (χ1) is 12.8. The number of aromatic nitrogens is 4. The molecule has 1 fully saturated rings. The number of nitrogens with two attached hydrogens (primary N) is 2. The number of carbonyl (C=O) groups is 1. The second kappa shape index (κ2) is 7.86. The first kappa shape index (κ1) is 19.6. The van der Waals surface area contributed by atoms with Crippen LogP contribution in [0.5, 0.6) is 0 Å². The summed E-state index contributed by atoms with van der Waals surface area (Å²) in [6.45, 7) is 2.06. The highest BCUT2D eigenvalue weighted by atomic mass is 28.3. The van der Waals surface area contributed by atoms with E-state index in [1.165, 1.54) is 17.2 Å². The highest BCUT2D eigenvalue weighted by Crippen LogP contribution is 2.34. The van der Waals surface area contributed by atoms with Crippen molar-refractivity contribution in [1.29, 1.82) is 0 Å². The van der Waals surface area contributed by atoms with E-state index in [1.54, 1.807) is 0 Å². The molecule has 2 aromatic heterocycles. The van der Waals surface area contributed by atoms with Crippen LogP contribution in [0.3, 0.4) is 0 Å². The Labute approximate surface area is 156 Å². The molecule has 7 N–H and O–H groups in total. The van der Waals surface area contributed by atoms with Crippen LogP contribution in [0, 0.1) is 0 Å². The van der Waals surface area contributed by atoms with Crippen LogP contribution in [-0.2, 0) is 9.53 Å². The molecule has 1 saturated heterocycles. The van der Waals surface area contributed by atoms with E-state index in [2.05, 4.69) is 21.5 Å². The number of aliphatic hydroxyl groups excluding tert-OH is 2. The summed E-state index contributed by atoms with van der Waals surface area (Å²) in [5.74, 6) is -0.795. The molecule has 0 saturated carbocycles. The minimum Gasteiger partial charge on any atom is -0.480 e. The summed E-state index contributed by atoms with van der Waals surface area (Å²) < 4.78 is 7.45.